The summed E-state index contributed by atoms with van der Waals surface area (Å²) in [7, 11) is 1.63. The second-order valence-electron chi connectivity index (χ2n) is 7.37. The van der Waals surface area contributed by atoms with Crippen molar-refractivity contribution in [3.05, 3.63) is 83.9 Å². The van der Waals surface area contributed by atoms with Crippen LogP contribution in [-0.2, 0) is 5.41 Å². The third-order valence-electron chi connectivity index (χ3n) is 4.15. The summed E-state index contributed by atoms with van der Waals surface area (Å²) in [6.07, 6.45) is 1.68. The number of hydrogen-bond acceptors (Lipinski definition) is 2. The first kappa shape index (κ1) is 18.7. The average molecular weight is 361 g/mol. The van der Waals surface area contributed by atoms with Gasteiger partial charge in [-0.2, -0.15) is 0 Å². The third-order valence-corrected chi connectivity index (χ3v) is 4.15. The summed E-state index contributed by atoms with van der Waals surface area (Å²) in [6.45, 7) is 6.60. The highest BCUT2D eigenvalue weighted by molar-refractivity contribution is 5.75. The number of aldehydes is 1. The fraction of sp³-hybridized carbons (Fsp3) is 0.208. The van der Waals surface area contributed by atoms with Gasteiger partial charge in [0.1, 0.15) is 23.0 Å². The fourth-order valence-corrected chi connectivity index (χ4v) is 2.62. The zero-order valence-electron chi connectivity index (χ0n) is 16.2. The van der Waals surface area contributed by atoms with E-state index in [9.17, 15) is 0 Å². The molecule has 0 aliphatic carbocycles. The van der Waals surface area contributed by atoms with Crippen molar-refractivity contribution in [1.82, 2.24) is 0 Å². The molecule has 0 bridgehead atoms. The van der Waals surface area contributed by atoms with Crippen LogP contribution in [0.3, 0.4) is 0 Å². The van der Waals surface area contributed by atoms with E-state index in [4.69, 9.17) is 13.9 Å². The van der Waals surface area contributed by atoms with E-state index in [1.54, 1.807) is 13.4 Å². The van der Waals surface area contributed by atoms with Crippen LogP contribution in [0.15, 0.2) is 72.8 Å². The molecule has 27 heavy (non-hydrogen) atoms. The Morgan fingerprint density at radius 2 is 1.00 bits per heavy atom. The molecule has 0 unspecified atom stereocenters. The maximum atomic E-state index is 5.92. The molecule has 0 saturated carbocycles. The predicted octanol–water partition coefficient (Wildman–Crippen LogP) is 6.55. The molecule has 3 aromatic carbocycles. The van der Waals surface area contributed by atoms with Crippen molar-refractivity contribution in [1.29, 1.82) is 0 Å². The Hall–Kier alpha value is -3.07. The molecular formula is C24H25O3+. The average Bonchev–Trinajstić information content (AvgIpc) is 2.65. The van der Waals surface area contributed by atoms with Gasteiger partial charge in [-0.05, 0) is 71.6 Å². The van der Waals surface area contributed by atoms with Crippen LogP contribution in [0.1, 0.15) is 36.3 Å². The minimum Gasteiger partial charge on any atom is -0.457 e. The van der Waals surface area contributed by atoms with Crippen molar-refractivity contribution in [3.63, 3.8) is 0 Å². The smallest absolute Gasteiger partial charge is 0.315 e. The second kappa shape index (κ2) is 8.09. The molecule has 0 N–H and O–H groups in total. The lowest BCUT2D eigenvalue weighted by molar-refractivity contribution is -0.217. The van der Waals surface area contributed by atoms with E-state index in [0.29, 0.717) is 0 Å². The maximum Gasteiger partial charge on any atom is 0.315 e. The Labute approximate surface area is 160 Å². The van der Waals surface area contributed by atoms with E-state index in [0.717, 1.165) is 28.6 Å². The Morgan fingerprint density at radius 1 is 0.630 bits per heavy atom. The monoisotopic (exact) mass is 361 g/mol. The first-order valence-corrected chi connectivity index (χ1v) is 8.96. The number of hydrogen-bond donors (Lipinski definition) is 0. The quantitative estimate of drug-likeness (QED) is 0.381. The van der Waals surface area contributed by atoms with Crippen LogP contribution in [0.4, 0.5) is 0 Å². The summed E-state index contributed by atoms with van der Waals surface area (Å²) >= 11 is 0. The van der Waals surface area contributed by atoms with Gasteiger partial charge in [-0.1, -0.05) is 32.9 Å². The molecule has 0 amide bonds. The zero-order valence-corrected chi connectivity index (χ0v) is 16.2. The summed E-state index contributed by atoms with van der Waals surface area (Å²) in [4.78, 5) is 0. The van der Waals surface area contributed by atoms with Crippen molar-refractivity contribution in [3.8, 4) is 23.0 Å². The van der Waals surface area contributed by atoms with Crippen LogP contribution in [0, 0.1) is 0 Å². The summed E-state index contributed by atoms with van der Waals surface area (Å²) in [5.41, 5.74) is 2.41. The largest absolute Gasteiger partial charge is 0.457 e. The number of ether oxygens (including phenoxy) is 2. The van der Waals surface area contributed by atoms with Gasteiger partial charge in [0, 0.05) is 0 Å². The van der Waals surface area contributed by atoms with Gasteiger partial charge in [0.25, 0.3) is 7.11 Å². The summed E-state index contributed by atoms with van der Waals surface area (Å²) in [6, 6.07) is 23.5. The van der Waals surface area contributed by atoms with Gasteiger partial charge in [0.2, 0.25) is 0 Å². The lowest BCUT2D eigenvalue weighted by Crippen LogP contribution is -2.10. The molecule has 3 rings (SSSR count). The Kier molecular flexibility index (Phi) is 5.60. The normalized spacial score (nSPS) is 11.6. The van der Waals surface area contributed by atoms with Gasteiger partial charge < -0.3 is 9.47 Å². The van der Waals surface area contributed by atoms with E-state index in [1.807, 2.05) is 60.7 Å². The van der Waals surface area contributed by atoms with Crippen molar-refractivity contribution in [2.24, 2.45) is 0 Å². The molecule has 0 aliphatic rings. The number of carbonyl (C=O) groups excluding carboxylic acids is 1. The highest BCUT2D eigenvalue weighted by Gasteiger charge is 2.13. The molecule has 0 aromatic heterocycles. The summed E-state index contributed by atoms with van der Waals surface area (Å²) < 4.78 is 16.8. The van der Waals surface area contributed by atoms with Crippen molar-refractivity contribution >= 4 is 6.29 Å². The van der Waals surface area contributed by atoms with Crippen LogP contribution in [0.2, 0.25) is 0 Å². The summed E-state index contributed by atoms with van der Waals surface area (Å²) in [5, 5.41) is 0. The van der Waals surface area contributed by atoms with Gasteiger partial charge in [-0.3, -0.25) is 4.42 Å². The highest BCUT2D eigenvalue weighted by atomic mass is 16.5. The minimum absolute atomic E-state index is 0.136. The standard InChI is InChI=1S/C24H25O3/c1-24(2,3)19-7-11-21(12-8-19)27-23-15-13-22(14-16-23)26-20-9-5-18(6-10-20)17-25-4/h5-17H,1-4H3/q+1. The molecule has 0 spiro atoms. The van der Waals surface area contributed by atoms with Crippen LogP contribution in [0.5, 0.6) is 23.0 Å². The molecule has 0 atom stereocenters. The highest BCUT2D eigenvalue weighted by Crippen LogP contribution is 2.29. The first-order chi connectivity index (χ1) is 12.9. The molecule has 3 heteroatoms. The van der Waals surface area contributed by atoms with E-state index < -0.39 is 0 Å². The van der Waals surface area contributed by atoms with Crippen LogP contribution < -0.4 is 9.47 Å². The van der Waals surface area contributed by atoms with Crippen LogP contribution in [0.25, 0.3) is 0 Å². The molecule has 3 aromatic rings. The minimum atomic E-state index is 0.136. The van der Waals surface area contributed by atoms with Crippen molar-refractivity contribution in [2.75, 3.05) is 7.11 Å². The van der Waals surface area contributed by atoms with Gasteiger partial charge >= 0.3 is 6.29 Å². The molecule has 3 nitrogen and oxygen atoms in total. The Balaban J connectivity index is 1.63. The lowest BCUT2D eigenvalue weighted by atomic mass is 9.87. The molecule has 0 heterocycles. The van der Waals surface area contributed by atoms with Gasteiger partial charge in [-0.25, -0.2) is 0 Å². The molecule has 0 aliphatic heterocycles. The Morgan fingerprint density at radius 3 is 1.37 bits per heavy atom. The molecule has 138 valence electrons. The van der Waals surface area contributed by atoms with Gasteiger partial charge in [0.15, 0.2) is 0 Å². The van der Waals surface area contributed by atoms with E-state index >= 15 is 0 Å². The van der Waals surface area contributed by atoms with E-state index in [-0.39, 0.29) is 5.41 Å². The summed E-state index contributed by atoms with van der Waals surface area (Å²) in [5.74, 6) is 3.13. The van der Waals surface area contributed by atoms with Crippen molar-refractivity contribution in [2.45, 2.75) is 26.2 Å². The molecule has 0 saturated heterocycles. The topological polar surface area (TPSA) is 29.8 Å². The van der Waals surface area contributed by atoms with Crippen LogP contribution in [-0.4, -0.2) is 13.4 Å². The predicted molar refractivity (Wildman–Crippen MR) is 109 cm³/mol. The fourth-order valence-electron chi connectivity index (χ4n) is 2.62. The van der Waals surface area contributed by atoms with Gasteiger partial charge in [-0.15, -0.1) is 0 Å². The van der Waals surface area contributed by atoms with Crippen molar-refractivity contribution < 1.29 is 13.9 Å². The van der Waals surface area contributed by atoms with Crippen LogP contribution >= 0.6 is 0 Å². The molecule has 0 fully saturated rings. The number of benzene rings is 3. The molecule has 0 radical (unpaired) electrons. The number of rotatable bonds is 5. The first-order valence-electron chi connectivity index (χ1n) is 8.96. The SMILES string of the molecule is C[O+]=Cc1ccc(Oc2ccc(Oc3ccc(C(C)(C)C)cc3)cc2)cc1. The zero-order chi connectivity index (χ0) is 19.3. The van der Waals surface area contributed by atoms with E-state index in [1.165, 1.54) is 5.56 Å². The second-order valence-corrected chi connectivity index (χ2v) is 7.37. The third kappa shape index (κ3) is 5.20. The Bertz CT molecular complexity index is 884. The van der Waals surface area contributed by atoms with E-state index in [2.05, 4.69) is 32.9 Å². The van der Waals surface area contributed by atoms with Gasteiger partial charge in [0.05, 0.1) is 5.56 Å². The molecular weight excluding hydrogens is 336 g/mol. The maximum absolute atomic E-state index is 5.92. The lowest BCUT2D eigenvalue weighted by Gasteiger charge is -2.19.